The Morgan fingerprint density at radius 1 is 1.22 bits per heavy atom. The van der Waals surface area contributed by atoms with Gasteiger partial charge < -0.3 is 4.90 Å². The third-order valence-corrected chi connectivity index (χ3v) is 5.08. The van der Waals surface area contributed by atoms with Crippen LogP contribution in [0.15, 0.2) is 18.2 Å². The van der Waals surface area contributed by atoms with Gasteiger partial charge in [-0.25, -0.2) is 0 Å². The second-order valence-electron chi connectivity index (χ2n) is 6.31. The van der Waals surface area contributed by atoms with E-state index in [1.165, 1.54) is 10.8 Å². The Balaban J connectivity index is 3.11. The number of carbonyl (C=O) groups excluding carboxylic acids is 1. The molecule has 0 saturated heterocycles. The van der Waals surface area contributed by atoms with E-state index in [9.17, 15) is 4.79 Å². The monoisotopic (exact) mass is 263 g/mol. The lowest BCUT2D eigenvalue weighted by molar-refractivity contribution is -0.125. The molecule has 0 aliphatic carbocycles. The lowest BCUT2D eigenvalue weighted by atomic mass is 9.94. The van der Waals surface area contributed by atoms with Crippen molar-refractivity contribution in [3.63, 3.8) is 0 Å². The number of hydrogen-bond donors (Lipinski definition) is 0. The molecule has 0 spiro atoms. The van der Waals surface area contributed by atoms with Crippen LogP contribution in [0, 0.1) is 12.3 Å². The van der Waals surface area contributed by atoms with Gasteiger partial charge in [0.05, 0.1) is 8.80 Å². The molecule has 100 valence electrons. The Bertz CT molecular complexity index is 446. The molecule has 0 bridgehead atoms. The lowest BCUT2D eigenvalue weighted by Gasteiger charge is -2.27. The first kappa shape index (κ1) is 15.0. The molecule has 0 heterocycles. The third kappa shape index (κ3) is 3.22. The van der Waals surface area contributed by atoms with E-state index in [1.807, 2.05) is 33.9 Å². The van der Waals surface area contributed by atoms with E-state index < -0.39 is 8.80 Å². The van der Waals surface area contributed by atoms with E-state index in [-0.39, 0.29) is 11.3 Å². The van der Waals surface area contributed by atoms with E-state index in [0.29, 0.717) is 0 Å². The molecule has 3 heteroatoms. The Morgan fingerprint density at radius 2 is 1.78 bits per heavy atom. The van der Waals surface area contributed by atoms with Gasteiger partial charge in [-0.3, -0.25) is 4.79 Å². The number of anilines is 1. The maximum absolute atomic E-state index is 12.3. The van der Waals surface area contributed by atoms with Crippen molar-refractivity contribution in [2.45, 2.75) is 40.8 Å². The summed E-state index contributed by atoms with van der Waals surface area (Å²) >= 11 is 0. The molecular formula is C15H25NOSi. The van der Waals surface area contributed by atoms with Crippen LogP contribution in [-0.2, 0) is 4.79 Å². The molecule has 1 aromatic rings. The van der Waals surface area contributed by atoms with Crippen LogP contribution in [-0.4, -0.2) is 21.8 Å². The highest BCUT2D eigenvalue weighted by atomic mass is 28.3. The molecule has 0 aliphatic rings. The molecule has 1 aromatic carbocycles. The van der Waals surface area contributed by atoms with E-state index in [2.05, 4.69) is 32.2 Å². The Kier molecular flexibility index (Phi) is 4.38. The van der Waals surface area contributed by atoms with Gasteiger partial charge in [-0.05, 0) is 19.1 Å². The summed E-state index contributed by atoms with van der Waals surface area (Å²) in [6, 6.07) is 6.36. The van der Waals surface area contributed by atoms with Crippen molar-refractivity contribution in [3.8, 4) is 0 Å². The summed E-state index contributed by atoms with van der Waals surface area (Å²) in [5, 5.41) is 1.45. The van der Waals surface area contributed by atoms with Crippen LogP contribution in [0.4, 0.5) is 5.69 Å². The summed E-state index contributed by atoms with van der Waals surface area (Å²) in [7, 11) is 1.02. The molecular weight excluding hydrogens is 238 g/mol. The third-order valence-electron chi connectivity index (χ3n) is 3.22. The van der Waals surface area contributed by atoms with Crippen molar-refractivity contribution in [1.29, 1.82) is 0 Å². The van der Waals surface area contributed by atoms with Crippen LogP contribution in [0.2, 0.25) is 13.1 Å². The summed E-state index contributed by atoms with van der Waals surface area (Å²) in [4.78, 5) is 14.0. The predicted molar refractivity (Wildman–Crippen MR) is 82.6 cm³/mol. The minimum absolute atomic E-state index is 0.155. The molecule has 2 nitrogen and oxygen atoms in total. The molecule has 18 heavy (non-hydrogen) atoms. The second-order valence-corrected chi connectivity index (χ2v) is 9.24. The highest BCUT2D eigenvalue weighted by Gasteiger charge is 2.26. The highest BCUT2D eigenvalue weighted by molar-refractivity contribution is 6.71. The first-order valence-electron chi connectivity index (χ1n) is 6.53. The largest absolute Gasteiger partial charge is 0.315 e. The number of aryl methyl sites for hydroxylation is 1. The van der Waals surface area contributed by atoms with Crippen LogP contribution in [0.5, 0.6) is 0 Å². The molecule has 0 aliphatic heterocycles. The zero-order chi connectivity index (χ0) is 14.1. The topological polar surface area (TPSA) is 20.3 Å². The smallest absolute Gasteiger partial charge is 0.232 e. The van der Waals surface area contributed by atoms with Gasteiger partial charge in [0.1, 0.15) is 0 Å². The van der Waals surface area contributed by atoms with Crippen LogP contribution < -0.4 is 10.1 Å². The SMILES string of the molecule is Cc1ccc(N(C)C(=O)C(C)(C)C)cc1[SiH](C)C. The minimum Gasteiger partial charge on any atom is -0.315 e. The van der Waals surface area contributed by atoms with Gasteiger partial charge in [0, 0.05) is 18.2 Å². The fourth-order valence-electron chi connectivity index (χ4n) is 2.08. The summed E-state index contributed by atoms with van der Waals surface area (Å²) in [6.45, 7) is 12.7. The minimum atomic E-state index is -0.849. The number of benzene rings is 1. The van der Waals surface area contributed by atoms with Gasteiger partial charge in [0.25, 0.3) is 0 Å². The average molecular weight is 263 g/mol. The van der Waals surface area contributed by atoms with E-state index >= 15 is 0 Å². The van der Waals surface area contributed by atoms with Gasteiger partial charge in [-0.1, -0.05) is 50.7 Å². The normalized spacial score (nSPS) is 11.8. The van der Waals surface area contributed by atoms with Gasteiger partial charge in [-0.15, -0.1) is 0 Å². The van der Waals surface area contributed by atoms with Crippen molar-refractivity contribution in [3.05, 3.63) is 23.8 Å². The number of rotatable bonds is 2. The molecule has 0 atom stereocenters. The average Bonchev–Trinajstić information content (AvgIpc) is 2.26. The zero-order valence-corrected chi connectivity index (χ0v) is 13.8. The molecule has 0 unspecified atom stereocenters. The Hall–Kier alpha value is -1.09. The molecule has 0 N–H and O–H groups in total. The van der Waals surface area contributed by atoms with Gasteiger partial charge >= 0.3 is 0 Å². The summed E-state index contributed by atoms with van der Waals surface area (Å²) < 4.78 is 0. The predicted octanol–water partition coefficient (Wildman–Crippen LogP) is 2.70. The molecule has 0 saturated carbocycles. The molecule has 1 rings (SSSR count). The van der Waals surface area contributed by atoms with Crippen LogP contribution in [0.25, 0.3) is 0 Å². The zero-order valence-electron chi connectivity index (χ0n) is 12.7. The number of nitrogens with zero attached hydrogens (tertiary/aromatic N) is 1. The van der Waals surface area contributed by atoms with Crippen molar-refractivity contribution >= 4 is 25.6 Å². The first-order chi connectivity index (χ1) is 8.14. The maximum Gasteiger partial charge on any atom is 0.232 e. The highest BCUT2D eigenvalue weighted by Crippen LogP contribution is 2.21. The fraction of sp³-hybridized carbons (Fsp3) is 0.533. The van der Waals surface area contributed by atoms with Crippen LogP contribution >= 0.6 is 0 Å². The molecule has 0 radical (unpaired) electrons. The summed E-state index contributed by atoms with van der Waals surface area (Å²) in [6.07, 6.45) is 0. The van der Waals surface area contributed by atoms with Gasteiger partial charge in [0.15, 0.2) is 0 Å². The van der Waals surface area contributed by atoms with Crippen molar-refractivity contribution in [2.24, 2.45) is 5.41 Å². The van der Waals surface area contributed by atoms with Gasteiger partial charge in [-0.2, -0.15) is 0 Å². The quantitative estimate of drug-likeness (QED) is 0.751. The molecule has 1 amide bonds. The second kappa shape index (κ2) is 5.27. The van der Waals surface area contributed by atoms with Crippen molar-refractivity contribution in [1.82, 2.24) is 0 Å². The number of amides is 1. The Labute approximate surface area is 113 Å². The fourth-order valence-corrected chi connectivity index (χ4v) is 3.59. The lowest BCUT2D eigenvalue weighted by Crippen LogP contribution is -2.37. The Morgan fingerprint density at radius 3 is 2.22 bits per heavy atom. The molecule has 0 fully saturated rings. The molecule has 0 aromatic heterocycles. The van der Waals surface area contributed by atoms with E-state index in [4.69, 9.17) is 0 Å². The summed E-state index contributed by atoms with van der Waals surface area (Å²) in [5.74, 6) is 0.155. The summed E-state index contributed by atoms with van der Waals surface area (Å²) in [5.41, 5.74) is 2.02. The number of carbonyl (C=O) groups is 1. The number of hydrogen-bond acceptors (Lipinski definition) is 1. The first-order valence-corrected chi connectivity index (χ1v) is 9.42. The van der Waals surface area contributed by atoms with E-state index in [1.54, 1.807) is 4.90 Å². The van der Waals surface area contributed by atoms with Crippen molar-refractivity contribution in [2.75, 3.05) is 11.9 Å². The van der Waals surface area contributed by atoms with Crippen LogP contribution in [0.1, 0.15) is 26.3 Å². The van der Waals surface area contributed by atoms with Gasteiger partial charge in [0.2, 0.25) is 5.91 Å². The van der Waals surface area contributed by atoms with Crippen molar-refractivity contribution < 1.29 is 4.79 Å². The van der Waals surface area contributed by atoms with Crippen LogP contribution in [0.3, 0.4) is 0 Å². The van der Waals surface area contributed by atoms with E-state index in [0.717, 1.165) is 5.69 Å². The standard InChI is InChI=1S/C15H25NOSi/c1-11-8-9-12(10-13(11)18(6)7)16(5)14(17)15(2,3)4/h8-10,18H,1-7H3. The maximum atomic E-state index is 12.3.